The molecular formula is C17H18FNO3S. The third-order valence-corrected chi connectivity index (χ3v) is 4.96. The molecule has 0 bridgehead atoms. The lowest BCUT2D eigenvalue weighted by Gasteiger charge is -2.13. The molecule has 6 heteroatoms. The van der Waals surface area contributed by atoms with Crippen LogP contribution >= 0.6 is 0 Å². The molecule has 1 unspecified atom stereocenters. The SMILES string of the molecule is CS(=O)(=O)c1ccc(-c2ccc(OC3CCNC3)cc2)c(F)c1. The molecule has 1 saturated heterocycles. The minimum Gasteiger partial charge on any atom is -0.489 e. The van der Waals surface area contributed by atoms with Crippen LogP contribution in [0.25, 0.3) is 11.1 Å². The van der Waals surface area contributed by atoms with Gasteiger partial charge in [-0.3, -0.25) is 0 Å². The molecule has 4 nitrogen and oxygen atoms in total. The van der Waals surface area contributed by atoms with Crippen LogP contribution in [0.2, 0.25) is 0 Å². The van der Waals surface area contributed by atoms with Crippen molar-refractivity contribution in [2.24, 2.45) is 0 Å². The van der Waals surface area contributed by atoms with Crippen LogP contribution in [0, 0.1) is 5.82 Å². The van der Waals surface area contributed by atoms with Gasteiger partial charge >= 0.3 is 0 Å². The van der Waals surface area contributed by atoms with Crippen molar-refractivity contribution in [2.75, 3.05) is 19.3 Å². The molecule has 2 aromatic carbocycles. The number of halogens is 1. The summed E-state index contributed by atoms with van der Waals surface area (Å²) in [6.45, 7) is 1.80. The lowest BCUT2D eigenvalue weighted by Crippen LogP contribution is -2.19. The van der Waals surface area contributed by atoms with Crippen molar-refractivity contribution in [2.45, 2.75) is 17.4 Å². The van der Waals surface area contributed by atoms with E-state index >= 15 is 0 Å². The fourth-order valence-electron chi connectivity index (χ4n) is 2.59. The molecule has 0 aromatic heterocycles. The van der Waals surface area contributed by atoms with E-state index in [0.29, 0.717) is 11.1 Å². The zero-order valence-corrected chi connectivity index (χ0v) is 13.6. The number of hydrogen-bond acceptors (Lipinski definition) is 4. The monoisotopic (exact) mass is 335 g/mol. The summed E-state index contributed by atoms with van der Waals surface area (Å²) in [6, 6.07) is 11.1. The number of benzene rings is 2. The highest BCUT2D eigenvalue weighted by Crippen LogP contribution is 2.27. The molecule has 2 aromatic rings. The van der Waals surface area contributed by atoms with Gasteiger partial charge in [-0.25, -0.2) is 12.8 Å². The molecule has 3 rings (SSSR count). The zero-order valence-electron chi connectivity index (χ0n) is 12.8. The average Bonchev–Trinajstić information content (AvgIpc) is 3.00. The van der Waals surface area contributed by atoms with Gasteiger partial charge in [-0.1, -0.05) is 18.2 Å². The first kappa shape index (κ1) is 16.0. The van der Waals surface area contributed by atoms with E-state index in [-0.39, 0.29) is 11.0 Å². The van der Waals surface area contributed by atoms with Crippen molar-refractivity contribution in [3.05, 3.63) is 48.3 Å². The van der Waals surface area contributed by atoms with Crippen LogP contribution in [0.3, 0.4) is 0 Å². The third kappa shape index (κ3) is 3.71. The van der Waals surface area contributed by atoms with E-state index in [0.717, 1.165) is 37.6 Å². The first-order chi connectivity index (χ1) is 10.9. The lowest BCUT2D eigenvalue weighted by atomic mass is 10.1. The van der Waals surface area contributed by atoms with E-state index in [4.69, 9.17) is 4.74 Å². The van der Waals surface area contributed by atoms with Crippen molar-refractivity contribution in [3.63, 3.8) is 0 Å². The molecule has 1 atom stereocenters. The Bertz CT molecular complexity index is 797. The van der Waals surface area contributed by atoms with E-state index in [1.165, 1.54) is 12.1 Å². The summed E-state index contributed by atoms with van der Waals surface area (Å²) in [5.41, 5.74) is 1.05. The fraction of sp³-hybridized carbons (Fsp3) is 0.294. The van der Waals surface area contributed by atoms with Gasteiger partial charge in [0.2, 0.25) is 0 Å². The first-order valence-electron chi connectivity index (χ1n) is 7.41. The number of ether oxygens (including phenoxy) is 1. The minimum absolute atomic E-state index is 0.0209. The van der Waals surface area contributed by atoms with Crippen LogP contribution in [0.1, 0.15) is 6.42 Å². The summed E-state index contributed by atoms with van der Waals surface area (Å²) in [7, 11) is -3.41. The average molecular weight is 335 g/mol. The number of nitrogens with one attached hydrogen (secondary N) is 1. The first-order valence-corrected chi connectivity index (χ1v) is 9.30. The molecule has 1 N–H and O–H groups in total. The molecule has 0 spiro atoms. The second kappa shape index (κ2) is 6.29. The summed E-state index contributed by atoms with van der Waals surface area (Å²) >= 11 is 0. The Morgan fingerprint density at radius 3 is 2.48 bits per heavy atom. The van der Waals surface area contributed by atoms with Crippen molar-refractivity contribution < 1.29 is 17.5 Å². The molecule has 1 aliphatic rings. The summed E-state index contributed by atoms with van der Waals surface area (Å²) in [4.78, 5) is -0.0209. The molecule has 1 heterocycles. The van der Waals surface area contributed by atoms with Crippen LogP contribution < -0.4 is 10.1 Å². The highest BCUT2D eigenvalue weighted by atomic mass is 32.2. The Hall–Kier alpha value is -1.92. The van der Waals surface area contributed by atoms with Crippen LogP contribution in [0.15, 0.2) is 47.4 Å². The van der Waals surface area contributed by atoms with E-state index in [9.17, 15) is 12.8 Å². The van der Waals surface area contributed by atoms with E-state index in [2.05, 4.69) is 5.32 Å². The Morgan fingerprint density at radius 2 is 1.91 bits per heavy atom. The number of rotatable bonds is 4. The van der Waals surface area contributed by atoms with Crippen molar-refractivity contribution >= 4 is 9.84 Å². The maximum absolute atomic E-state index is 14.2. The van der Waals surface area contributed by atoms with Gasteiger partial charge < -0.3 is 10.1 Å². The molecule has 23 heavy (non-hydrogen) atoms. The van der Waals surface area contributed by atoms with Gasteiger partial charge in [0.15, 0.2) is 9.84 Å². The normalized spacial score (nSPS) is 18.1. The predicted octanol–water partition coefficient (Wildman–Crippen LogP) is 2.64. The minimum atomic E-state index is -3.41. The van der Waals surface area contributed by atoms with Crippen molar-refractivity contribution in [3.8, 4) is 16.9 Å². The van der Waals surface area contributed by atoms with Crippen LogP contribution in [-0.2, 0) is 9.84 Å². The van der Waals surface area contributed by atoms with Crippen molar-refractivity contribution in [1.82, 2.24) is 5.32 Å². The smallest absolute Gasteiger partial charge is 0.175 e. The van der Waals surface area contributed by atoms with Crippen molar-refractivity contribution in [1.29, 1.82) is 0 Å². The third-order valence-electron chi connectivity index (χ3n) is 3.85. The molecule has 0 radical (unpaired) electrons. The predicted molar refractivity (Wildman–Crippen MR) is 86.8 cm³/mol. The lowest BCUT2D eigenvalue weighted by molar-refractivity contribution is 0.223. The fourth-order valence-corrected chi connectivity index (χ4v) is 3.23. The zero-order chi connectivity index (χ0) is 16.4. The van der Waals surface area contributed by atoms with Gasteiger partial charge in [-0.2, -0.15) is 0 Å². The molecule has 1 aliphatic heterocycles. The van der Waals surface area contributed by atoms with E-state index in [1.54, 1.807) is 24.3 Å². The second-order valence-corrected chi connectivity index (χ2v) is 7.69. The quantitative estimate of drug-likeness (QED) is 0.933. The maximum atomic E-state index is 14.2. The Kier molecular flexibility index (Phi) is 4.37. The largest absolute Gasteiger partial charge is 0.489 e. The van der Waals surface area contributed by atoms with Crippen LogP contribution in [0.5, 0.6) is 5.75 Å². The van der Waals surface area contributed by atoms with E-state index < -0.39 is 15.7 Å². The van der Waals surface area contributed by atoms with Gasteiger partial charge in [0.25, 0.3) is 0 Å². The highest BCUT2D eigenvalue weighted by molar-refractivity contribution is 7.90. The number of hydrogen-bond donors (Lipinski definition) is 1. The highest BCUT2D eigenvalue weighted by Gasteiger charge is 2.16. The summed E-state index contributed by atoms with van der Waals surface area (Å²) < 4.78 is 42.9. The second-order valence-electron chi connectivity index (χ2n) is 5.67. The summed E-state index contributed by atoms with van der Waals surface area (Å²) in [5, 5.41) is 3.23. The van der Waals surface area contributed by atoms with Gasteiger partial charge in [0.05, 0.1) is 4.90 Å². The Morgan fingerprint density at radius 1 is 1.17 bits per heavy atom. The topological polar surface area (TPSA) is 55.4 Å². The van der Waals surface area contributed by atoms with Gasteiger partial charge in [-0.15, -0.1) is 0 Å². The standard InChI is InChI=1S/C17H18FNO3S/c1-23(20,21)15-6-7-16(17(18)10-15)12-2-4-13(5-3-12)22-14-8-9-19-11-14/h2-7,10,14,19H,8-9,11H2,1H3. The molecular weight excluding hydrogens is 317 g/mol. The van der Waals surface area contributed by atoms with Gasteiger partial charge in [0, 0.05) is 18.4 Å². The molecule has 0 saturated carbocycles. The number of sulfone groups is 1. The maximum Gasteiger partial charge on any atom is 0.175 e. The van der Waals surface area contributed by atoms with Crippen LogP contribution in [-0.4, -0.2) is 33.9 Å². The summed E-state index contributed by atoms with van der Waals surface area (Å²) in [6.07, 6.45) is 2.21. The van der Waals surface area contributed by atoms with E-state index in [1.807, 2.05) is 0 Å². The summed E-state index contributed by atoms with van der Waals surface area (Å²) in [5.74, 6) is 0.192. The Labute approximate surface area is 135 Å². The molecule has 122 valence electrons. The van der Waals surface area contributed by atoms with Crippen LogP contribution in [0.4, 0.5) is 4.39 Å². The molecule has 0 amide bonds. The van der Waals surface area contributed by atoms with Gasteiger partial charge in [-0.05, 0) is 42.8 Å². The molecule has 1 fully saturated rings. The van der Waals surface area contributed by atoms with Gasteiger partial charge in [0.1, 0.15) is 17.7 Å². The molecule has 0 aliphatic carbocycles. The Balaban J connectivity index is 1.81.